The number of quaternary nitrogens is 1. The molecule has 5 heteroatoms. The van der Waals surface area contributed by atoms with E-state index in [4.69, 9.17) is 10.5 Å². The molecule has 0 amide bonds. The molecule has 0 radical (unpaired) electrons. The van der Waals surface area contributed by atoms with E-state index in [1.807, 2.05) is 35.0 Å². The summed E-state index contributed by atoms with van der Waals surface area (Å²) in [5.74, 6) is -0.911. The van der Waals surface area contributed by atoms with Crippen molar-refractivity contribution < 1.29 is 19.1 Å². The van der Waals surface area contributed by atoms with Gasteiger partial charge in [0.2, 0.25) is 0 Å². The number of nitrogens with two attached hydrogens (primary N) is 1. The summed E-state index contributed by atoms with van der Waals surface area (Å²) in [6.07, 6.45) is -0.507. The maximum absolute atomic E-state index is 10.7. The largest absolute Gasteiger partial charge is 0.548 e. The van der Waals surface area contributed by atoms with Crippen LogP contribution in [0.1, 0.15) is 13.8 Å². The van der Waals surface area contributed by atoms with Gasteiger partial charge in [-0.3, -0.25) is 0 Å². The van der Waals surface area contributed by atoms with Crippen LogP contribution >= 0.6 is 0 Å². The number of likely N-dealkylation sites (N-methyl/N-ethyl adjacent to an activating group) is 1. The van der Waals surface area contributed by atoms with Crippen LogP contribution in [0.3, 0.4) is 0 Å². The summed E-state index contributed by atoms with van der Waals surface area (Å²) in [5, 5.41) is 10.7. The lowest BCUT2D eigenvalue weighted by Crippen LogP contribution is -2.56. The summed E-state index contributed by atoms with van der Waals surface area (Å²) < 4.78 is 6.14. The lowest BCUT2D eigenvalue weighted by atomic mass is 10.1. The van der Waals surface area contributed by atoms with Crippen LogP contribution in [0.25, 0.3) is 0 Å². The quantitative estimate of drug-likeness (QED) is 0.560. The van der Waals surface area contributed by atoms with Gasteiger partial charge >= 0.3 is 0 Å². The zero-order valence-corrected chi connectivity index (χ0v) is 10.9. The van der Waals surface area contributed by atoms with Gasteiger partial charge in [0.15, 0.2) is 0 Å². The fourth-order valence-electron chi connectivity index (χ4n) is 1.28. The van der Waals surface area contributed by atoms with Crippen LogP contribution in [0.5, 0.6) is 0 Å². The molecule has 5 nitrogen and oxygen atoms in total. The van der Waals surface area contributed by atoms with Crippen LogP contribution in [0.4, 0.5) is 0 Å². The average Bonchev–Trinajstić information content (AvgIpc) is 2.08. The molecule has 0 heterocycles. The number of hydrogen-bond donors (Lipinski definition) is 1. The van der Waals surface area contributed by atoms with Gasteiger partial charge in [0.05, 0.1) is 33.2 Å². The smallest absolute Gasteiger partial charge is 0.127 e. The molecule has 2 unspecified atom stereocenters. The van der Waals surface area contributed by atoms with Gasteiger partial charge in [0, 0.05) is 6.61 Å². The first kappa shape index (κ1) is 15.3. The molecule has 0 saturated heterocycles. The second-order valence-electron chi connectivity index (χ2n) is 5.58. The van der Waals surface area contributed by atoms with Crippen LogP contribution in [0.15, 0.2) is 0 Å². The average molecular weight is 232 g/mol. The van der Waals surface area contributed by atoms with Gasteiger partial charge in [-0.05, 0) is 5.92 Å². The lowest BCUT2D eigenvalue weighted by molar-refractivity contribution is -0.873. The Morgan fingerprint density at radius 3 is 2.19 bits per heavy atom. The first-order valence-corrected chi connectivity index (χ1v) is 5.52. The molecule has 0 aromatic carbocycles. The van der Waals surface area contributed by atoms with Crippen molar-refractivity contribution in [3.63, 3.8) is 0 Å². The molecular weight excluding hydrogens is 208 g/mol. The molecule has 0 rings (SSSR count). The van der Waals surface area contributed by atoms with E-state index < -0.39 is 18.1 Å². The van der Waals surface area contributed by atoms with Crippen LogP contribution < -0.4 is 10.8 Å². The minimum absolute atomic E-state index is 0.351. The summed E-state index contributed by atoms with van der Waals surface area (Å²) in [4.78, 5) is 10.7. The molecule has 0 bridgehead atoms. The Hall–Kier alpha value is -0.650. The summed E-state index contributed by atoms with van der Waals surface area (Å²) in [6, 6.07) is -1.07. The van der Waals surface area contributed by atoms with Gasteiger partial charge in [-0.25, -0.2) is 0 Å². The summed E-state index contributed by atoms with van der Waals surface area (Å²) in [5.41, 5.74) is 5.56. The molecule has 0 aliphatic carbocycles. The zero-order valence-electron chi connectivity index (χ0n) is 10.9. The molecule has 0 spiro atoms. The molecule has 0 aliphatic heterocycles. The highest BCUT2D eigenvalue weighted by Gasteiger charge is 2.26. The number of carbonyl (C=O) groups is 1. The Labute approximate surface area is 97.8 Å². The third-order valence-corrected chi connectivity index (χ3v) is 2.04. The first-order chi connectivity index (χ1) is 7.13. The van der Waals surface area contributed by atoms with Gasteiger partial charge in [0.1, 0.15) is 12.6 Å². The highest BCUT2D eigenvalue weighted by Crippen LogP contribution is 2.06. The topological polar surface area (TPSA) is 75.4 Å². The molecule has 2 N–H and O–H groups in total. The maximum Gasteiger partial charge on any atom is 0.127 e. The van der Waals surface area contributed by atoms with E-state index in [0.29, 0.717) is 23.6 Å². The van der Waals surface area contributed by atoms with E-state index in [1.165, 1.54) is 0 Å². The number of hydrogen-bond acceptors (Lipinski definition) is 4. The lowest BCUT2D eigenvalue weighted by Gasteiger charge is -2.32. The fraction of sp³-hybridized carbons (Fsp3) is 0.909. The van der Waals surface area contributed by atoms with Crippen molar-refractivity contribution in [3.05, 3.63) is 0 Å². The second kappa shape index (κ2) is 6.18. The predicted octanol–water partition coefficient (Wildman–Crippen LogP) is -1.19. The van der Waals surface area contributed by atoms with Crippen molar-refractivity contribution in [1.29, 1.82) is 0 Å². The molecule has 0 saturated carbocycles. The summed E-state index contributed by atoms with van der Waals surface area (Å²) in [7, 11) is 5.90. The van der Waals surface area contributed by atoms with Crippen molar-refractivity contribution in [3.8, 4) is 0 Å². The van der Waals surface area contributed by atoms with Crippen LogP contribution in [0, 0.1) is 5.92 Å². The third kappa shape index (κ3) is 6.76. The van der Waals surface area contributed by atoms with Gasteiger partial charge in [-0.2, -0.15) is 0 Å². The number of aliphatic carboxylic acids is 1. The van der Waals surface area contributed by atoms with Crippen molar-refractivity contribution in [2.24, 2.45) is 11.7 Å². The number of carbonyl (C=O) groups excluding carboxylic acids is 1. The predicted molar refractivity (Wildman–Crippen MR) is 60.5 cm³/mol. The van der Waals surface area contributed by atoms with Gasteiger partial charge in [0.25, 0.3) is 0 Å². The van der Waals surface area contributed by atoms with Crippen molar-refractivity contribution in [2.75, 3.05) is 34.3 Å². The van der Waals surface area contributed by atoms with Crippen LogP contribution in [-0.2, 0) is 9.53 Å². The molecule has 96 valence electrons. The Balaban J connectivity index is 4.44. The van der Waals surface area contributed by atoms with E-state index in [9.17, 15) is 9.90 Å². The SMILES string of the molecule is CC(C)COC(C[N+](C)(C)C)C(N)C(=O)[O-]. The second-order valence-corrected chi connectivity index (χ2v) is 5.58. The van der Waals surface area contributed by atoms with Crippen LogP contribution in [-0.4, -0.2) is 56.9 Å². The first-order valence-electron chi connectivity index (χ1n) is 5.52. The van der Waals surface area contributed by atoms with Crippen molar-refractivity contribution >= 4 is 5.97 Å². The summed E-state index contributed by atoms with van der Waals surface area (Å²) >= 11 is 0. The Bertz CT molecular complexity index is 224. The Kier molecular flexibility index (Phi) is 5.92. The normalized spacial score (nSPS) is 16.2. The van der Waals surface area contributed by atoms with Gasteiger partial charge < -0.3 is 24.9 Å². The minimum atomic E-state index is -1.26. The Morgan fingerprint density at radius 1 is 1.38 bits per heavy atom. The molecule has 0 fully saturated rings. The summed E-state index contributed by atoms with van der Waals surface area (Å²) in [6.45, 7) is 5.06. The van der Waals surface area contributed by atoms with E-state index in [2.05, 4.69) is 0 Å². The monoisotopic (exact) mass is 232 g/mol. The van der Waals surface area contributed by atoms with Gasteiger partial charge in [-0.15, -0.1) is 0 Å². The number of carboxylic acids is 1. The molecule has 0 aliphatic rings. The number of ether oxygens (including phenoxy) is 1. The molecular formula is C11H24N2O3. The van der Waals surface area contributed by atoms with E-state index in [0.717, 1.165) is 0 Å². The van der Waals surface area contributed by atoms with E-state index >= 15 is 0 Å². The van der Waals surface area contributed by atoms with E-state index in [1.54, 1.807) is 0 Å². The minimum Gasteiger partial charge on any atom is -0.548 e. The Morgan fingerprint density at radius 2 is 1.88 bits per heavy atom. The van der Waals surface area contributed by atoms with E-state index in [-0.39, 0.29) is 0 Å². The maximum atomic E-state index is 10.7. The molecule has 2 atom stereocenters. The van der Waals surface area contributed by atoms with Crippen molar-refractivity contribution in [1.82, 2.24) is 0 Å². The van der Waals surface area contributed by atoms with Gasteiger partial charge in [-0.1, -0.05) is 13.8 Å². The molecule has 16 heavy (non-hydrogen) atoms. The fourth-order valence-corrected chi connectivity index (χ4v) is 1.28. The highest BCUT2D eigenvalue weighted by atomic mass is 16.5. The number of carboxylic acid groups (broad SMARTS) is 1. The van der Waals surface area contributed by atoms with Crippen molar-refractivity contribution in [2.45, 2.75) is 26.0 Å². The number of nitrogens with zero attached hydrogens (tertiary/aromatic N) is 1. The highest BCUT2D eigenvalue weighted by molar-refractivity contribution is 5.71. The standard InChI is InChI=1S/C11H24N2O3/c1-8(2)7-16-9(6-13(3,4)5)10(12)11(14)15/h8-10H,6-7,12H2,1-5H3. The number of rotatable bonds is 7. The third-order valence-electron chi connectivity index (χ3n) is 2.04. The van der Waals surface area contributed by atoms with Crippen LogP contribution in [0.2, 0.25) is 0 Å². The molecule has 0 aromatic rings. The molecule has 0 aromatic heterocycles. The zero-order chi connectivity index (χ0) is 12.9.